The number of rotatable bonds is 0. The molecule has 3 rings (SSSR count). The molecule has 24 heavy (non-hydrogen) atoms. The number of nitrogens with one attached hydrogen (secondary N) is 2. The number of aliphatic imine (C=N–C) groups is 2. The maximum atomic E-state index is 10.2. The van der Waals surface area contributed by atoms with E-state index < -0.39 is 6.10 Å². The molecule has 3 aliphatic rings. The molecule has 0 saturated carbocycles. The van der Waals surface area contributed by atoms with Crippen molar-refractivity contribution in [2.75, 3.05) is 26.2 Å². The normalized spacial score (nSPS) is 24.0. The van der Waals surface area contributed by atoms with Crippen molar-refractivity contribution >= 4 is 11.4 Å². The lowest BCUT2D eigenvalue weighted by Crippen LogP contribution is -2.30. The van der Waals surface area contributed by atoms with Crippen LogP contribution in [0.15, 0.2) is 82.1 Å². The fraction of sp³-hybridized carbons (Fsp3) is 0.263. The summed E-state index contributed by atoms with van der Waals surface area (Å²) in [5.74, 6) is 0. The molecule has 3 N–H and O–H groups in total. The Kier molecular flexibility index (Phi) is 5.58. The molecule has 0 aromatic heterocycles. The van der Waals surface area contributed by atoms with Crippen molar-refractivity contribution in [1.29, 1.82) is 0 Å². The first-order chi connectivity index (χ1) is 11.8. The molecule has 5 nitrogen and oxygen atoms in total. The molecule has 0 spiro atoms. The summed E-state index contributed by atoms with van der Waals surface area (Å²) in [5, 5.41) is 17.0. The number of fused-ring (bicyclic) bond motifs is 2. The van der Waals surface area contributed by atoms with Gasteiger partial charge in [-0.3, -0.25) is 9.98 Å². The summed E-state index contributed by atoms with van der Waals surface area (Å²) in [5.41, 5.74) is 3.62. The first-order valence-corrected chi connectivity index (χ1v) is 8.18. The predicted octanol–water partition coefficient (Wildman–Crippen LogP) is 1.44. The van der Waals surface area contributed by atoms with E-state index in [2.05, 4.69) is 20.6 Å². The minimum absolute atomic E-state index is 0.323. The maximum absolute atomic E-state index is 10.2. The highest BCUT2D eigenvalue weighted by atomic mass is 16.3. The van der Waals surface area contributed by atoms with Crippen LogP contribution in [-0.4, -0.2) is 48.8 Å². The zero-order valence-corrected chi connectivity index (χ0v) is 13.5. The van der Waals surface area contributed by atoms with Crippen molar-refractivity contribution in [3.63, 3.8) is 0 Å². The van der Waals surface area contributed by atoms with Crippen LogP contribution in [0.1, 0.15) is 0 Å². The highest BCUT2D eigenvalue weighted by Crippen LogP contribution is 2.06. The maximum Gasteiger partial charge on any atom is 0.0930 e. The van der Waals surface area contributed by atoms with Crippen LogP contribution in [0.2, 0.25) is 0 Å². The van der Waals surface area contributed by atoms with E-state index in [0.717, 1.165) is 35.9 Å². The molecule has 5 heteroatoms. The minimum Gasteiger partial charge on any atom is -0.389 e. The summed E-state index contributed by atoms with van der Waals surface area (Å²) in [7, 11) is 0. The van der Waals surface area contributed by atoms with Gasteiger partial charge in [0.15, 0.2) is 0 Å². The SMILES string of the molecule is OC1CN=C2C=CC=CC=C2NCCNC2=CC=CC=CC2=NC1. The number of hydrogen-bond acceptors (Lipinski definition) is 5. The summed E-state index contributed by atoms with van der Waals surface area (Å²) in [6.45, 7) is 2.16. The van der Waals surface area contributed by atoms with Crippen LogP contribution in [-0.2, 0) is 0 Å². The van der Waals surface area contributed by atoms with Gasteiger partial charge in [-0.1, -0.05) is 36.5 Å². The second-order valence-electron chi connectivity index (χ2n) is 5.61. The van der Waals surface area contributed by atoms with Crippen molar-refractivity contribution in [2.45, 2.75) is 6.10 Å². The highest BCUT2D eigenvalue weighted by molar-refractivity contribution is 6.09. The van der Waals surface area contributed by atoms with Crippen LogP contribution in [0.4, 0.5) is 0 Å². The van der Waals surface area contributed by atoms with Gasteiger partial charge < -0.3 is 15.7 Å². The fourth-order valence-electron chi connectivity index (χ4n) is 2.51. The molecular weight excluding hydrogens is 300 g/mol. The lowest BCUT2D eigenvalue weighted by Gasteiger charge is -2.13. The van der Waals surface area contributed by atoms with E-state index in [-0.39, 0.29) is 0 Å². The molecule has 0 aromatic carbocycles. The van der Waals surface area contributed by atoms with Crippen molar-refractivity contribution in [2.24, 2.45) is 9.98 Å². The molecule has 0 bridgehead atoms. The molecule has 0 atom stereocenters. The monoisotopic (exact) mass is 322 g/mol. The van der Waals surface area contributed by atoms with E-state index in [1.807, 2.05) is 60.8 Å². The van der Waals surface area contributed by atoms with Gasteiger partial charge in [0.1, 0.15) is 0 Å². The molecule has 1 aliphatic heterocycles. The summed E-state index contributed by atoms with van der Waals surface area (Å²) < 4.78 is 0. The van der Waals surface area contributed by atoms with Crippen LogP contribution >= 0.6 is 0 Å². The standard InChI is InChI=1S/C19H22N4O/c24-15-13-22-18-9-5-1-3-7-16(18)20-11-12-21-17-8-4-2-6-10-19(17)23-14-15/h1-10,15,20-21,24H,11-14H2. The van der Waals surface area contributed by atoms with E-state index in [0.29, 0.717) is 13.1 Å². The molecule has 2 aliphatic carbocycles. The topological polar surface area (TPSA) is 69.0 Å². The van der Waals surface area contributed by atoms with Crippen molar-refractivity contribution < 1.29 is 5.11 Å². The Hall–Kier alpha value is -2.66. The van der Waals surface area contributed by atoms with Crippen LogP contribution in [0.25, 0.3) is 0 Å². The highest BCUT2D eigenvalue weighted by Gasteiger charge is 2.10. The Bertz CT molecular complexity index is 645. The Labute approximate surface area is 142 Å². The molecule has 0 amide bonds. The Balaban J connectivity index is 1.83. The second-order valence-corrected chi connectivity index (χ2v) is 5.61. The molecule has 1 heterocycles. The smallest absolute Gasteiger partial charge is 0.0930 e. The largest absolute Gasteiger partial charge is 0.389 e. The van der Waals surface area contributed by atoms with Crippen LogP contribution < -0.4 is 10.6 Å². The minimum atomic E-state index is -0.609. The van der Waals surface area contributed by atoms with E-state index in [9.17, 15) is 5.11 Å². The van der Waals surface area contributed by atoms with E-state index in [1.165, 1.54) is 0 Å². The van der Waals surface area contributed by atoms with Gasteiger partial charge >= 0.3 is 0 Å². The number of aliphatic hydroxyl groups excluding tert-OH is 1. The molecular formula is C19H22N4O. The van der Waals surface area contributed by atoms with E-state index in [1.54, 1.807) is 0 Å². The van der Waals surface area contributed by atoms with Gasteiger partial charge in [-0.2, -0.15) is 0 Å². The van der Waals surface area contributed by atoms with Gasteiger partial charge in [-0.25, -0.2) is 0 Å². The summed E-state index contributed by atoms with van der Waals surface area (Å²) >= 11 is 0. The van der Waals surface area contributed by atoms with E-state index in [4.69, 9.17) is 0 Å². The molecule has 0 saturated heterocycles. The van der Waals surface area contributed by atoms with Gasteiger partial charge in [0.2, 0.25) is 0 Å². The second kappa shape index (κ2) is 8.26. The number of nitrogens with zero attached hydrogens (tertiary/aromatic N) is 2. The predicted molar refractivity (Wildman–Crippen MR) is 99.3 cm³/mol. The zero-order chi connectivity index (χ0) is 16.6. The van der Waals surface area contributed by atoms with Gasteiger partial charge in [-0.05, 0) is 24.3 Å². The van der Waals surface area contributed by atoms with Gasteiger partial charge in [-0.15, -0.1) is 0 Å². The van der Waals surface area contributed by atoms with Crippen molar-refractivity contribution in [1.82, 2.24) is 10.6 Å². The van der Waals surface area contributed by atoms with Gasteiger partial charge in [0.05, 0.1) is 42.0 Å². The lowest BCUT2D eigenvalue weighted by atomic mass is 10.2. The van der Waals surface area contributed by atoms with Crippen molar-refractivity contribution in [3.8, 4) is 0 Å². The average molecular weight is 322 g/mol. The van der Waals surface area contributed by atoms with Gasteiger partial charge in [0.25, 0.3) is 0 Å². The fourth-order valence-corrected chi connectivity index (χ4v) is 2.51. The molecule has 0 unspecified atom stereocenters. The third-order valence-electron chi connectivity index (χ3n) is 3.73. The lowest BCUT2D eigenvalue weighted by molar-refractivity contribution is 0.192. The zero-order valence-electron chi connectivity index (χ0n) is 13.5. The molecule has 0 aromatic rings. The average Bonchev–Trinajstić information content (AvgIpc) is 2.94. The molecule has 0 fully saturated rings. The van der Waals surface area contributed by atoms with Crippen LogP contribution in [0.3, 0.4) is 0 Å². The first-order valence-electron chi connectivity index (χ1n) is 8.18. The van der Waals surface area contributed by atoms with Crippen LogP contribution in [0.5, 0.6) is 0 Å². The summed E-state index contributed by atoms with van der Waals surface area (Å²) in [4.78, 5) is 9.10. The Morgan fingerprint density at radius 2 is 1.25 bits per heavy atom. The quantitative estimate of drug-likeness (QED) is 0.632. The Morgan fingerprint density at radius 3 is 1.75 bits per heavy atom. The third-order valence-corrected chi connectivity index (χ3v) is 3.73. The third kappa shape index (κ3) is 4.43. The van der Waals surface area contributed by atoms with E-state index >= 15 is 0 Å². The summed E-state index contributed by atoms with van der Waals surface area (Å²) in [6.07, 6.45) is 19.1. The van der Waals surface area contributed by atoms with Crippen molar-refractivity contribution in [3.05, 3.63) is 72.2 Å². The Morgan fingerprint density at radius 1 is 0.750 bits per heavy atom. The van der Waals surface area contributed by atoms with Gasteiger partial charge in [0, 0.05) is 13.1 Å². The summed E-state index contributed by atoms with van der Waals surface area (Å²) in [6, 6.07) is 0. The number of hydrogen-bond donors (Lipinski definition) is 3. The molecule has 0 radical (unpaired) electrons. The van der Waals surface area contributed by atoms with Crippen LogP contribution in [0, 0.1) is 0 Å². The number of allylic oxidation sites excluding steroid dienone is 10. The number of aliphatic hydroxyl groups is 1. The first kappa shape index (κ1) is 16.2. The molecule has 124 valence electrons.